The summed E-state index contributed by atoms with van der Waals surface area (Å²) in [5.74, 6) is -1.00. The van der Waals surface area contributed by atoms with Crippen LogP contribution in [0.3, 0.4) is 0 Å². The van der Waals surface area contributed by atoms with E-state index in [1.165, 1.54) is 6.20 Å². The van der Waals surface area contributed by atoms with Crippen molar-refractivity contribution in [3.05, 3.63) is 34.4 Å². The normalized spacial score (nSPS) is 10.9. The molecule has 0 atom stereocenters. The molecule has 4 N–H and O–H groups in total. The number of hydrogen-bond acceptors (Lipinski definition) is 5. The van der Waals surface area contributed by atoms with Crippen molar-refractivity contribution in [1.29, 1.82) is 0 Å². The maximum absolute atomic E-state index is 13.8. The zero-order valence-corrected chi connectivity index (χ0v) is 11.4. The fourth-order valence-corrected chi connectivity index (χ4v) is 2.01. The topological polar surface area (TPSA) is 92.5 Å². The molecule has 102 valence electrons. The van der Waals surface area contributed by atoms with Crippen LogP contribution >= 0.6 is 15.9 Å². The van der Waals surface area contributed by atoms with Gasteiger partial charge in [0.2, 0.25) is 5.95 Å². The number of hydrogen-bond donors (Lipinski definition) is 3. The molecule has 0 amide bonds. The largest absolute Gasteiger partial charge is 0.368 e. The number of halogens is 3. The quantitative estimate of drug-likeness (QED) is 0.624. The van der Waals surface area contributed by atoms with Crippen molar-refractivity contribution in [2.75, 3.05) is 11.1 Å². The van der Waals surface area contributed by atoms with Crippen molar-refractivity contribution in [2.45, 2.75) is 0 Å². The first-order valence-electron chi connectivity index (χ1n) is 5.43. The third-order valence-electron chi connectivity index (χ3n) is 2.59. The highest BCUT2D eigenvalue weighted by molar-refractivity contribution is 9.10. The van der Waals surface area contributed by atoms with Gasteiger partial charge in [-0.1, -0.05) is 0 Å². The molecule has 0 saturated carbocycles. The highest BCUT2D eigenvalue weighted by Gasteiger charge is 2.12. The standard InChI is InChI=1S/C11H7BrF2N6/c12-5-1-7(14)8(2-6(5)13)17-9-4-3-16-20-10(4)19-11(15)18-9/h1-3H,(H4,15,16,17,18,19,20). The Labute approximate surface area is 119 Å². The van der Waals surface area contributed by atoms with Crippen molar-refractivity contribution in [3.63, 3.8) is 0 Å². The van der Waals surface area contributed by atoms with Gasteiger partial charge in [-0.25, -0.2) is 8.78 Å². The molecule has 0 bridgehead atoms. The Balaban J connectivity index is 2.09. The zero-order chi connectivity index (χ0) is 14.3. The molecular weight excluding hydrogens is 334 g/mol. The van der Waals surface area contributed by atoms with Crippen LogP contribution in [0.25, 0.3) is 11.0 Å². The van der Waals surface area contributed by atoms with Gasteiger partial charge < -0.3 is 11.1 Å². The molecule has 0 saturated heterocycles. The van der Waals surface area contributed by atoms with Crippen LogP contribution < -0.4 is 11.1 Å². The molecule has 0 aliphatic rings. The van der Waals surface area contributed by atoms with Gasteiger partial charge in [-0.15, -0.1) is 0 Å². The van der Waals surface area contributed by atoms with E-state index in [9.17, 15) is 8.78 Å². The number of benzene rings is 1. The molecular formula is C11H7BrF2N6. The van der Waals surface area contributed by atoms with E-state index >= 15 is 0 Å². The number of anilines is 3. The lowest BCUT2D eigenvalue weighted by atomic mass is 10.3. The van der Waals surface area contributed by atoms with Crippen LogP contribution in [0.4, 0.5) is 26.2 Å². The van der Waals surface area contributed by atoms with Crippen LogP contribution in [0.5, 0.6) is 0 Å². The summed E-state index contributed by atoms with van der Waals surface area (Å²) >= 11 is 2.91. The van der Waals surface area contributed by atoms with Gasteiger partial charge in [0.1, 0.15) is 17.5 Å². The Kier molecular flexibility index (Phi) is 2.97. The number of nitrogen functional groups attached to an aromatic ring is 1. The van der Waals surface area contributed by atoms with Crippen LogP contribution in [0.15, 0.2) is 22.8 Å². The average molecular weight is 341 g/mol. The molecule has 20 heavy (non-hydrogen) atoms. The minimum atomic E-state index is -0.632. The van der Waals surface area contributed by atoms with Gasteiger partial charge in [-0.05, 0) is 22.0 Å². The second-order valence-electron chi connectivity index (χ2n) is 3.93. The summed E-state index contributed by atoms with van der Waals surface area (Å²) in [6.07, 6.45) is 1.46. The molecule has 0 unspecified atom stereocenters. The van der Waals surface area contributed by atoms with E-state index in [2.05, 4.69) is 41.4 Å². The average Bonchev–Trinajstić information content (AvgIpc) is 2.84. The molecule has 2 aromatic heterocycles. The Hall–Kier alpha value is -2.29. The number of nitrogens with two attached hydrogens (primary N) is 1. The number of aromatic nitrogens is 4. The Bertz CT molecular complexity index is 803. The molecule has 0 fully saturated rings. The van der Waals surface area contributed by atoms with Crippen molar-refractivity contribution in [3.8, 4) is 0 Å². The first-order chi connectivity index (χ1) is 9.54. The number of nitrogens with one attached hydrogen (secondary N) is 2. The second kappa shape index (κ2) is 4.67. The Morgan fingerprint density at radius 2 is 2.00 bits per heavy atom. The maximum atomic E-state index is 13.8. The molecule has 1 aromatic carbocycles. The molecule has 3 aromatic rings. The molecule has 2 heterocycles. The van der Waals surface area contributed by atoms with Gasteiger partial charge in [0.25, 0.3) is 0 Å². The molecule has 3 rings (SSSR count). The van der Waals surface area contributed by atoms with Crippen LogP contribution in [-0.2, 0) is 0 Å². The summed E-state index contributed by atoms with van der Waals surface area (Å²) in [6, 6.07) is 2.04. The fraction of sp³-hybridized carbons (Fsp3) is 0. The summed E-state index contributed by atoms with van der Waals surface area (Å²) < 4.78 is 27.3. The molecule has 6 nitrogen and oxygen atoms in total. The lowest BCUT2D eigenvalue weighted by Gasteiger charge is -2.09. The smallest absolute Gasteiger partial charge is 0.224 e. The summed E-state index contributed by atoms with van der Waals surface area (Å²) in [7, 11) is 0. The zero-order valence-electron chi connectivity index (χ0n) is 9.78. The van der Waals surface area contributed by atoms with Gasteiger partial charge in [0.15, 0.2) is 5.65 Å². The minimum Gasteiger partial charge on any atom is -0.368 e. The second-order valence-corrected chi connectivity index (χ2v) is 4.79. The highest BCUT2D eigenvalue weighted by atomic mass is 79.9. The van der Waals surface area contributed by atoms with Crippen LogP contribution in [0, 0.1) is 11.6 Å². The fourth-order valence-electron chi connectivity index (χ4n) is 1.69. The number of nitrogens with zero attached hydrogens (tertiary/aromatic N) is 3. The summed E-state index contributed by atoms with van der Waals surface area (Å²) in [5.41, 5.74) is 5.88. The molecule has 9 heteroatoms. The van der Waals surface area contributed by atoms with E-state index in [-0.39, 0.29) is 21.9 Å². The van der Waals surface area contributed by atoms with Crippen molar-refractivity contribution in [2.24, 2.45) is 0 Å². The summed E-state index contributed by atoms with van der Waals surface area (Å²) in [4.78, 5) is 7.88. The van der Waals surface area contributed by atoms with E-state index in [1.54, 1.807) is 0 Å². The maximum Gasteiger partial charge on any atom is 0.224 e. The number of rotatable bonds is 2. The summed E-state index contributed by atoms with van der Waals surface area (Å²) in [6.45, 7) is 0. The first-order valence-corrected chi connectivity index (χ1v) is 6.22. The molecule has 0 radical (unpaired) electrons. The third kappa shape index (κ3) is 2.16. The number of aromatic amines is 1. The van der Waals surface area contributed by atoms with Gasteiger partial charge in [-0.2, -0.15) is 15.1 Å². The van der Waals surface area contributed by atoms with E-state index in [0.717, 1.165) is 12.1 Å². The Morgan fingerprint density at radius 1 is 1.20 bits per heavy atom. The van der Waals surface area contributed by atoms with E-state index in [4.69, 9.17) is 5.73 Å². The SMILES string of the molecule is Nc1nc(Nc2cc(F)c(Br)cc2F)c2cn[nH]c2n1. The van der Waals surface area contributed by atoms with Crippen LogP contribution in [0.2, 0.25) is 0 Å². The van der Waals surface area contributed by atoms with Gasteiger partial charge in [0, 0.05) is 6.07 Å². The number of H-pyrrole nitrogens is 1. The van der Waals surface area contributed by atoms with Crippen molar-refractivity contribution in [1.82, 2.24) is 20.2 Å². The summed E-state index contributed by atoms with van der Waals surface area (Å²) in [5, 5.41) is 9.62. The minimum absolute atomic E-state index is 0.0118. The molecule has 0 aliphatic heterocycles. The number of fused-ring (bicyclic) bond motifs is 1. The van der Waals surface area contributed by atoms with Crippen LogP contribution in [0.1, 0.15) is 0 Å². The predicted octanol–water partition coefficient (Wildman–Crippen LogP) is 2.72. The monoisotopic (exact) mass is 340 g/mol. The highest BCUT2D eigenvalue weighted by Crippen LogP contribution is 2.28. The van der Waals surface area contributed by atoms with E-state index in [1.807, 2.05) is 0 Å². The lowest BCUT2D eigenvalue weighted by Crippen LogP contribution is -2.02. The van der Waals surface area contributed by atoms with Crippen molar-refractivity contribution < 1.29 is 8.78 Å². The molecule has 0 aliphatic carbocycles. The Morgan fingerprint density at radius 3 is 2.80 bits per heavy atom. The van der Waals surface area contributed by atoms with Crippen LogP contribution in [-0.4, -0.2) is 20.2 Å². The first kappa shape index (κ1) is 12.7. The van der Waals surface area contributed by atoms with Crippen molar-refractivity contribution >= 4 is 44.4 Å². The van der Waals surface area contributed by atoms with Gasteiger partial charge in [-0.3, -0.25) is 5.10 Å². The van der Waals surface area contributed by atoms with Gasteiger partial charge in [0.05, 0.1) is 21.7 Å². The van der Waals surface area contributed by atoms with E-state index < -0.39 is 11.6 Å². The molecule has 0 spiro atoms. The lowest BCUT2D eigenvalue weighted by molar-refractivity contribution is 0.598. The predicted molar refractivity (Wildman–Crippen MR) is 73.4 cm³/mol. The van der Waals surface area contributed by atoms with E-state index in [0.29, 0.717) is 11.0 Å². The van der Waals surface area contributed by atoms with Gasteiger partial charge >= 0.3 is 0 Å². The third-order valence-corrected chi connectivity index (χ3v) is 3.20.